The quantitative estimate of drug-likeness (QED) is 0.412. The van der Waals surface area contributed by atoms with Gasteiger partial charge in [0.2, 0.25) is 0 Å². The molecule has 3 aromatic rings. The maximum atomic E-state index is 12.3. The van der Waals surface area contributed by atoms with E-state index in [4.69, 9.17) is 9.15 Å². The minimum absolute atomic E-state index is 0.0361. The molecule has 3 rings (SSSR count). The topological polar surface area (TPSA) is 65.2 Å². The van der Waals surface area contributed by atoms with Crippen molar-refractivity contribution in [2.75, 3.05) is 5.75 Å². The van der Waals surface area contributed by atoms with Crippen LogP contribution >= 0.6 is 11.8 Å². The zero-order valence-electron chi connectivity index (χ0n) is 15.7. The highest BCUT2D eigenvalue weighted by Gasteiger charge is 2.12. The third-order valence-corrected chi connectivity index (χ3v) is 4.97. The molecule has 5 nitrogen and oxygen atoms in total. The summed E-state index contributed by atoms with van der Waals surface area (Å²) in [6, 6.07) is 13.7. The lowest BCUT2D eigenvalue weighted by molar-refractivity contribution is 0.102. The molecule has 0 aliphatic rings. The van der Waals surface area contributed by atoms with E-state index in [-0.39, 0.29) is 18.1 Å². The zero-order chi connectivity index (χ0) is 19.2. The van der Waals surface area contributed by atoms with Crippen molar-refractivity contribution < 1.29 is 13.9 Å². The van der Waals surface area contributed by atoms with Crippen molar-refractivity contribution in [2.45, 2.75) is 39.0 Å². The van der Waals surface area contributed by atoms with E-state index >= 15 is 0 Å². The number of hydrogen-bond donors (Lipinski definition) is 0. The van der Waals surface area contributed by atoms with E-state index in [0.29, 0.717) is 16.7 Å². The van der Waals surface area contributed by atoms with Crippen molar-refractivity contribution in [3.05, 3.63) is 70.6 Å². The standard InChI is InChI=1S/C21H22N2O3S/c1-4-16-7-9-17(10-8-16)18(24)13-27-21-23-22-20(26-21)12-25-19-11-14(2)5-6-15(19)3/h5-11H,4,12-13H2,1-3H3. The summed E-state index contributed by atoms with van der Waals surface area (Å²) >= 11 is 1.24. The molecule has 1 heterocycles. The molecule has 0 bridgehead atoms. The van der Waals surface area contributed by atoms with Gasteiger partial charge in [0.1, 0.15) is 5.75 Å². The number of hydrogen-bond acceptors (Lipinski definition) is 6. The van der Waals surface area contributed by atoms with E-state index in [1.165, 1.54) is 17.3 Å². The van der Waals surface area contributed by atoms with E-state index in [2.05, 4.69) is 17.1 Å². The Morgan fingerprint density at radius 1 is 1.11 bits per heavy atom. The van der Waals surface area contributed by atoms with Crippen LogP contribution in [0.15, 0.2) is 52.1 Å². The molecule has 1 aromatic heterocycles. The molecule has 6 heteroatoms. The first-order chi connectivity index (χ1) is 13.0. The monoisotopic (exact) mass is 382 g/mol. The van der Waals surface area contributed by atoms with Crippen LogP contribution in [0.5, 0.6) is 5.75 Å². The van der Waals surface area contributed by atoms with Crippen LogP contribution < -0.4 is 4.74 Å². The molecule has 0 aliphatic heterocycles. The Labute approximate surface area is 163 Å². The van der Waals surface area contributed by atoms with Crippen molar-refractivity contribution in [3.8, 4) is 5.75 Å². The van der Waals surface area contributed by atoms with Gasteiger partial charge in [-0.15, -0.1) is 10.2 Å². The van der Waals surface area contributed by atoms with Gasteiger partial charge in [0.05, 0.1) is 5.75 Å². The average Bonchev–Trinajstić information content (AvgIpc) is 3.15. The minimum Gasteiger partial charge on any atom is -0.484 e. The average molecular weight is 382 g/mol. The fourth-order valence-electron chi connectivity index (χ4n) is 2.49. The summed E-state index contributed by atoms with van der Waals surface area (Å²) in [6.45, 7) is 6.29. The molecule has 0 saturated carbocycles. The summed E-state index contributed by atoms with van der Waals surface area (Å²) < 4.78 is 11.3. The Kier molecular flexibility index (Phi) is 6.29. The molecule has 0 saturated heterocycles. The SMILES string of the molecule is CCc1ccc(C(=O)CSc2nnc(COc3cc(C)ccc3C)o2)cc1. The number of carbonyl (C=O) groups is 1. The Hall–Kier alpha value is -2.60. The molecule has 0 unspecified atom stereocenters. The highest BCUT2D eigenvalue weighted by Crippen LogP contribution is 2.22. The summed E-state index contributed by atoms with van der Waals surface area (Å²) in [5.74, 6) is 1.48. The molecule has 0 fully saturated rings. The number of aromatic nitrogens is 2. The number of nitrogens with zero attached hydrogens (tertiary/aromatic N) is 2. The van der Waals surface area contributed by atoms with Crippen LogP contribution in [0.4, 0.5) is 0 Å². The Balaban J connectivity index is 1.53. The van der Waals surface area contributed by atoms with Gasteiger partial charge in [0.15, 0.2) is 12.4 Å². The van der Waals surface area contributed by atoms with Crippen molar-refractivity contribution >= 4 is 17.5 Å². The number of thioether (sulfide) groups is 1. The molecule has 0 N–H and O–H groups in total. The molecular formula is C21H22N2O3S. The number of aryl methyl sites for hydroxylation is 3. The van der Waals surface area contributed by atoms with Crippen molar-refractivity contribution in [1.82, 2.24) is 10.2 Å². The van der Waals surface area contributed by atoms with Gasteiger partial charge in [-0.3, -0.25) is 4.79 Å². The van der Waals surface area contributed by atoms with Crippen LogP contribution in [0, 0.1) is 13.8 Å². The summed E-state index contributed by atoms with van der Waals surface area (Å²) in [4.78, 5) is 12.3. The molecule has 0 radical (unpaired) electrons. The van der Waals surface area contributed by atoms with Crippen molar-refractivity contribution in [1.29, 1.82) is 0 Å². The highest BCUT2D eigenvalue weighted by atomic mass is 32.2. The van der Waals surface area contributed by atoms with Crippen LogP contribution in [0.25, 0.3) is 0 Å². The van der Waals surface area contributed by atoms with Gasteiger partial charge in [-0.2, -0.15) is 0 Å². The Morgan fingerprint density at radius 3 is 2.63 bits per heavy atom. The number of rotatable bonds is 8. The molecular weight excluding hydrogens is 360 g/mol. The van der Waals surface area contributed by atoms with Crippen LogP contribution in [0.3, 0.4) is 0 Å². The lowest BCUT2D eigenvalue weighted by Gasteiger charge is -2.07. The highest BCUT2D eigenvalue weighted by molar-refractivity contribution is 7.99. The van der Waals surface area contributed by atoms with E-state index in [1.807, 2.05) is 56.3 Å². The third kappa shape index (κ3) is 5.20. The second-order valence-electron chi connectivity index (χ2n) is 6.28. The first-order valence-electron chi connectivity index (χ1n) is 8.82. The van der Waals surface area contributed by atoms with Gasteiger partial charge in [0, 0.05) is 5.56 Å². The largest absolute Gasteiger partial charge is 0.484 e. The van der Waals surface area contributed by atoms with E-state index in [9.17, 15) is 4.79 Å². The van der Waals surface area contributed by atoms with Crippen LogP contribution in [0.1, 0.15) is 39.9 Å². The van der Waals surface area contributed by atoms with Crippen LogP contribution in [0.2, 0.25) is 0 Å². The number of ketones is 1. The lowest BCUT2D eigenvalue weighted by atomic mass is 10.1. The fraction of sp³-hybridized carbons (Fsp3) is 0.286. The Bertz CT molecular complexity index is 919. The Morgan fingerprint density at radius 2 is 1.89 bits per heavy atom. The predicted octanol–water partition coefficient (Wildman–Crippen LogP) is 4.80. The van der Waals surface area contributed by atoms with E-state index in [0.717, 1.165) is 23.3 Å². The maximum absolute atomic E-state index is 12.3. The third-order valence-electron chi connectivity index (χ3n) is 4.15. The van der Waals surface area contributed by atoms with Crippen LogP contribution in [-0.4, -0.2) is 21.7 Å². The normalized spacial score (nSPS) is 10.8. The van der Waals surface area contributed by atoms with Gasteiger partial charge < -0.3 is 9.15 Å². The fourth-order valence-corrected chi connectivity index (χ4v) is 3.17. The summed E-state index contributed by atoms with van der Waals surface area (Å²) in [5, 5.41) is 8.33. The molecule has 2 aromatic carbocycles. The summed E-state index contributed by atoms with van der Waals surface area (Å²) in [7, 11) is 0. The smallest absolute Gasteiger partial charge is 0.277 e. The van der Waals surface area contributed by atoms with Crippen molar-refractivity contribution in [3.63, 3.8) is 0 Å². The molecule has 0 spiro atoms. The lowest BCUT2D eigenvalue weighted by Crippen LogP contribution is -2.02. The second kappa shape index (κ2) is 8.86. The molecule has 0 atom stereocenters. The molecule has 0 aliphatic carbocycles. The van der Waals surface area contributed by atoms with Gasteiger partial charge in [0.25, 0.3) is 11.1 Å². The molecule has 0 amide bonds. The summed E-state index contributed by atoms with van der Waals surface area (Å²) in [5.41, 5.74) is 4.08. The molecule has 140 valence electrons. The van der Waals surface area contributed by atoms with E-state index < -0.39 is 0 Å². The predicted molar refractivity (Wildman–Crippen MR) is 105 cm³/mol. The minimum atomic E-state index is 0.0361. The number of carbonyl (C=O) groups excluding carboxylic acids is 1. The number of Topliss-reactive ketones (excluding diaryl/α,β-unsaturated/α-hetero) is 1. The van der Waals surface area contributed by atoms with Crippen molar-refractivity contribution in [2.24, 2.45) is 0 Å². The first-order valence-corrected chi connectivity index (χ1v) is 9.81. The van der Waals surface area contributed by atoms with Crippen LogP contribution in [-0.2, 0) is 13.0 Å². The second-order valence-corrected chi connectivity index (χ2v) is 7.21. The maximum Gasteiger partial charge on any atom is 0.277 e. The van der Waals surface area contributed by atoms with Gasteiger partial charge >= 0.3 is 0 Å². The zero-order valence-corrected chi connectivity index (χ0v) is 16.5. The van der Waals surface area contributed by atoms with Gasteiger partial charge in [-0.1, -0.05) is 55.1 Å². The number of benzene rings is 2. The number of ether oxygens (including phenoxy) is 1. The van der Waals surface area contributed by atoms with E-state index in [1.54, 1.807) is 0 Å². The first kappa shape index (κ1) is 19.2. The summed E-state index contributed by atoms with van der Waals surface area (Å²) in [6.07, 6.45) is 0.956. The van der Waals surface area contributed by atoms with Gasteiger partial charge in [-0.05, 0) is 43.0 Å². The van der Waals surface area contributed by atoms with Gasteiger partial charge in [-0.25, -0.2) is 0 Å². The molecule has 27 heavy (non-hydrogen) atoms.